The molecular weight excluding hydrogens is 284 g/mol. The molecule has 4 nitrogen and oxygen atoms in total. The Morgan fingerprint density at radius 3 is 2.62 bits per heavy atom. The van der Waals surface area contributed by atoms with Gasteiger partial charge in [0.25, 0.3) is 0 Å². The van der Waals surface area contributed by atoms with Gasteiger partial charge in [-0.3, -0.25) is 0 Å². The molecule has 0 aromatic rings. The molecule has 0 amide bonds. The fraction of sp³-hybridized carbons (Fsp3) is 0.375. The fourth-order valence-corrected chi connectivity index (χ4v) is 3.70. The van der Waals surface area contributed by atoms with E-state index in [1.54, 1.807) is 28.6 Å². The number of nitrogens with one attached hydrogen (secondary N) is 1. The van der Waals surface area contributed by atoms with Crippen LogP contribution in [0.2, 0.25) is 0 Å². The molecule has 1 heterocycles. The van der Waals surface area contributed by atoms with Crippen molar-refractivity contribution in [2.75, 3.05) is 26.2 Å². The number of rotatable bonds is 2. The number of hydrogen-bond acceptors (Lipinski definition) is 3. The van der Waals surface area contributed by atoms with E-state index in [2.05, 4.69) is 5.32 Å². The van der Waals surface area contributed by atoms with E-state index in [1.807, 2.05) is 30.4 Å². The van der Waals surface area contributed by atoms with Gasteiger partial charge in [0.1, 0.15) is 0 Å². The van der Waals surface area contributed by atoms with Crippen molar-refractivity contribution in [1.29, 1.82) is 0 Å². The zero-order valence-corrected chi connectivity index (χ0v) is 12.9. The van der Waals surface area contributed by atoms with Crippen molar-refractivity contribution in [3.05, 3.63) is 59.6 Å². The third-order valence-electron chi connectivity index (χ3n) is 3.34. The van der Waals surface area contributed by atoms with Crippen LogP contribution in [0.3, 0.4) is 0 Å². The van der Waals surface area contributed by atoms with Gasteiger partial charge in [0.15, 0.2) is 0 Å². The van der Waals surface area contributed by atoms with Gasteiger partial charge in [-0.1, -0.05) is 42.5 Å². The molecule has 0 radical (unpaired) electrons. The van der Waals surface area contributed by atoms with Gasteiger partial charge in [-0.05, 0) is 31.5 Å². The zero-order valence-electron chi connectivity index (χ0n) is 12.1. The summed E-state index contributed by atoms with van der Waals surface area (Å²) in [6, 6.07) is 0. The summed E-state index contributed by atoms with van der Waals surface area (Å²) >= 11 is 0. The first-order valence-electron chi connectivity index (χ1n) is 7.29. The highest BCUT2D eigenvalue weighted by atomic mass is 32.2. The Labute approximate surface area is 127 Å². The van der Waals surface area contributed by atoms with E-state index in [0.717, 1.165) is 19.4 Å². The Morgan fingerprint density at radius 2 is 1.76 bits per heavy atom. The smallest absolute Gasteiger partial charge is 0.243 e. The quantitative estimate of drug-likeness (QED) is 0.850. The van der Waals surface area contributed by atoms with Crippen molar-refractivity contribution >= 4 is 10.0 Å². The molecule has 1 saturated heterocycles. The summed E-state index contributed by atoms with van der Waals surface area (Å²) in [6.45, 7) is 2.66. The normalized spacial score (nSPS) is 30.2. The van der Waals surface area contributed by atoms with Gasteiger partial charge >= 0.3 is 0 Å². The molecule has 1 aliphatic carbocycles. The van der Waals surface area contributed by atoms with Crippen LogP contribution >= 0.6 is 0 Å². The van der Waals surface area contributed by atoms with Crippen LogP contribution < -0.4 is 5.32 Å². The third-order valence-corrected chi connectivity index (χ3v) is 5.25. The molecule has 0 unspecified atom stereocenters. The first kappa shape index (κ1) is 15.9. The zero-order chi connectivity index (χ0) is 15.0. The van der Waals surface area contributed by atoms with Gasteiger partial charge in [-0.15, -0.1) is 0 Å². The van der Waals surface area contributed by atoms with Crippen LogP contribution in [0.5, 0.6) is 0 Å². The largest absolute Gasteiger partial charge is 0.315 e. The highest BCUT2D eigenvalue weighted by molar-refractivity contribution is 7.93. The lowest BCUT2D eigenvalue weighted by Crippen LogP contribution is -2.34. The van der Waals surface area contributed by atoms with E-state index < -0.39 is 10.0 Å². The predicted octanol–water partition coefficient (Wildman–Crippen LogP) is 2.12. The Hall–Kier alpha value is -1.43. The Kier molecular flexibility index (Phi) is 6.17. The second-order valence-corrected chi connectivity index (χ2v) is 6.85. The van der Waals surface area contributed by atoms with Crippen molar-refractivity contribution in [3.63, 3.8) is 0 Å². The molecule has 21 heavy (non-hydrogen) atoms. The van der Waals surface area contributed by atoms with Gasteiger partial charge in [-0.25, -0.2) is 8.42 Å². The van der Waals surface area contributed by atoms with Crippen molar-refractivity contribution < 1.29 is 8.42 Å². The highest BCUT2D eigenvalue weighted by Gasteiger charge is 2.25. The van der Waals surface area contributed by atoms with Gasteiger partial charge in [0.2, 0.25) is 10.0 Å². The standard InChI is InChI=1S/C16H22N2O2S/c19-21(20,18-14-9-12-17-13-15-18)16-10-7-5-3-1-2-4-6-8-11-16/h1,3-8,10-11,17H,2,9,12-15H2/b3-1-,6-4-,7-5-,11-8+,16-10+. The van der Waals surface area contributed by atoms with Gasteiger partial charge in [-0.2, -0.15) is 4.31 Å². The highest BCUT2D eigenvalue weighted by Crippen LogP contribution is 2.16. The molecule has 2 aliphatic rings. The van der Waals surface area contributed by atoms with E-state index in [-0.39, 0.29) is 0 Å². The number of allylic oxidation sites excluding steroid dienone is 9. The van der Waals surface area contributed by atoms with Gasteiger partial charge in [0, 0.05) is 19.6 Å². The first-order valence-corrected chi connectivity index (χ1v) is 8.73. The average Bonchev–Trinajstić information content (AvgIpc) is 2.78. The van der Waals surface area contributed by atoms with E-state index >= 15 is 0 Å². The van der Waals surface area contributed by atoms with Crippen LogP contribution in [-0.4, -0.2) is 38.9 Å². The predicted molar refractivity (Wildman–Crippen MR) is 87.2 cm³/mol. The molecule has 1 N–H and O–H groups in total. The summed E-state index contributed by atoms with van der Waals surface area (Å²) in [5, 5.41) is 3.22. The minimum Gasteiger partial charge on any atom is -0.315 e. The Bertz CT molecular complexity index is 575. The molecule has 114 valence electrons. The summed E-state index contributed by atoms with van der Waals surface area (Å²) in [6.07, 6.45) is 18.2. The summed E-state index contributed by atoms with van der Waals surface area (Å²) in [7, 11) is -3.43. The summed E-state index contributed by atoms with van der Waals surface area (Å²) in [5.74, 6) is 0. The molecule has 2 rings (SSSR count). The minimum atomic E-state index is -3.43. The fourth-order valence-electron chi connectivity index (χ4n) is 2.20. The second-order valence-electron chi connectivity index (χ2n) is 4.91. The maximum Gasteiger partial charge on any atom is 0.243 e. The molecule has 0 saturated carbocycles. The van der Waals surface area contributed by atoms with E-state index in [1.165, 1.54) is 0 Å². The van der Waals surface area contributed by atoms with Crippen LogP contribution in [0.25, 0.3) is 0 Å². The lowest BCUT2D eigenvalue weighted by atomic mass is 10.3. The molecule has 0 aromatic heterocycles. The SMILES string of the molecule is O=S(=O)(C1=C/C=C\C=C/C/C=C\C=C\1)N1CCCNCC1. The molecule has 1 fully saturated rings. The van der Waals surface area contributed by atoms with Crippen LogP contribution in [0.1, 0.15) is 12.8 Å². The topological polar surface area (TPSA) is 49.4 Å². The molecule has 0 aromatic carbocycles. The number of hydrogen-bond donors (Lipinski definition) is 1. The molecule has 5 heteroatoms. The summed E-state index contributed by atoms with van der Waals surface area (Å²) in [5.41, 5.74) is 0. The third kappa shape index (κ3) is 4.81. The van der Waals surface area contributed by atoms with Crippen LogP contribution in [0, 0.1) is 0 Å². The Balaban J connectivity index is 2.27. The summed E-state index contributed by atoms with van der Waals surface area (Å²) < 4.78 is 27.1. The average molecular weight is 306 g/mol. The van der Waals surface area contributed by atoms with E-state index in [0.29, 0.717) is 24.5 Å². The monoisotopic (exact) mass is 306 g/mol. The second kappa shape index (κ2) is 8.12. The molecular formula is C16H22N2O2S. The van der Waals surface area contributed by atoms with Gasteiger partial charge < -0.3 is 5.32 Å². The van der Waals surface area contributed by atoms with E-state index in [4.69, 9.17) is 0 Å². The maximum atomic E-state index is 12.7. The Morgan fingerprint density at radius 1 is 0.952 bits per heavy atom. The minimum absolute atomic E-state index is 0.334. The number of sulfonamides is 1. The maximum absolute atomic E-state index is 12.7. The van der Waals surface area contributed by atoms with Crippen molar-refractivity contribution in [2.45, 2.75) is 12.8 Å². The lowest BCUT2D eigenvalue weighted by Gasteiger charge is -2.20. The molecule has 1 aliphatic heterocycles. The van der Waals surface area contributed by atoms with Crippen LogP contribution in [0.15, 0.2) is 59.6 Å². The van der Waals surface area contributed by atoms with Crippen LogP contribution in [-0.2, 0) is 10.0 Å². The van der Waals surface area contributed by atoms with Crippen molar-refractivity contribution in [2.24, 2.45) is 0 Å². The molecule has 0 atom stereocenters. The molecule has 0 bridgehead atoms. The van der Waals surface area contributed by atoms with Crippen LogP contribution in [0.4, 0.5) is 0 Å². The van der Waals surface area contributed by atoms with Crippen molar-refractivity contribution in [3.8, 4) is 0 Å². The number of nitrogens with zero attached hydrogens (tertiary/aromatic N) is 1. The van der Waals surface area contributed by atoms with Gasteiger partial charge in [0.05, 0.1) is 4.91 Å². The molecule has 0 spiro atoms. The first-order chi connectivity index (χ1) is 10.2. The summed E-state index contributed by atoms with van der Waals surface area (Å²) in [4.78, 5) is 0.334. The van der Waals surface area contributed by atoms with E-state index in [9.17, 15) is 8.42 Å². The van der Waals surface area contributed by atoms with Crippen molar-refractivity contribution in [1.82, 2.24) is 9.62 Å². The lowest BCUT2D eigenvalue weighted by molar-refractivity contribution is 0.437.